The molecule has 0 saturated heterocycles. The highest BCUT2D eigenvalue weighted by Crippen LogP contribution is 2.31. The first-order valence-corrected chi connectivity index (χ1v) is 9.16. The number of rotatable bonds is 5. The number of hydrogen-bond acceptors (Lipinski definition) is 3. The van der Waals surface area contributed by atoms with Gasteiger partial charge in [0.2, 0.25) is 0 Å². The molecule has 0 aromatic heterocycles. The Kier molecular flexibility index (Phi) is 5.56. The van der Waals surface area contributed by atoms with Crippen molar-refractivity contribution in [3.05, 3.63) is 83.9 Å². The van der Waals surface area contributed by atoms with E-state index in [-0.39, 0.29) is 5.97 Å². The molecule has 0 saturated carbocycles. The second-order valence-corrected chi connectivity index (χ2v) is 6.93. The Morgan fingerprint density at radius 1 is 0.960 bits per heavy atom. The molecule has 2 nitrogen and oxygen atoms in total. The van der Waals surface area contributed by atoms with Crippen LogP contribution >= 0.6 is 11.8 Å². The van der Waals surface area contributed by atoms with E-state index in [9.17, 15) is 4.79 Å². The lowest BCUT2D eigenvalue weighted by Gasteiger charge is -2.10. The maximum Gasteiger partial charge on any atom is 0.308 e. The summed E-state index contributed by atoms with van der Waals surface area (Å²) in [4.78, 5) is 12.1. The standard InChI is InChI=1S/C22H20O2S/c1-16-6-5-8-18(14-16)22-9-4-3-7-19(22)15-25-21-12-10-20(11-13-21)24-17(2)23/h3-14H,15H2,1-2H3. The fourth-order valence-corrected chi connectivity index (χ4v) is 3.57. The Labute approximate surface area is 152 Å². The van der Waals surface area contributed by atoms with Crippen molar-refractivity contribution in [2.45, 2.75) is 24.5 Å². The second kappa shape index (κ2) is 8.04. The zero-order valence-electron chi connectivity index (χ0n) is 14.4. The van der Waals surface area contributed by atoms with Crippen LogP contribution in [-0.2, 0) is 10.5 Å². The maximum absolute atomic E-state index is 11.0. The number of ether oxygens (including phenoxy) is 1. The molecule has 0 atom stereocenters. The van der Waals surface area contributed by atoms with E-state index < -0.39 is 0 Å². The summed E-state index contributed by atoms with van der Waals surface area (Å²) in [7, 11) is 0. The zero-order chi connectivity index (χ0) is 17.6. The molecule has 0 fully saturated rings. The molecule has 0 aliphatic rings. The van der Waals surface area contributed by atoms with Crippen molar-refractivity contribution in [2.24, 2.45) is 0 Å². The predicted octanol–water partition coefficient (Wildman–Crippen LogP) is 5.88. The van der Waals surface area contributed by atoms with Gasteiger partial charge in [-0.1, -0.05) is 54.1 Å². The molecule has 0 radical (unpaired) electrons. The van der Waals surface area contributed by atoms with Gasteiger partial charge in [0.1, 0.15) is 5.75 Å². The van der Waals surface area contributed by atoms with Gasteiger partial charge in [0.05, 0.1) is 0 Å². The highest BCUT2D eigenvalue weighted by molar-refractivity contribution is 7.98. The molecule has 3 aromatic rings. The van der Waals surface area contributed by atoms with Gasteiger partial charge in [0, 0.05) is 17.6 Å². The van der Waals surface area contributed by atoms with Crippen LogP contribution in [0.3, 0.4) is 0 Å². The smallest absolute Gasteiger partial charge is 0.308 e. The van der Waals surface area contributed by atoms with Crippen molar-refractivity contribution >= 4 is 17.7 Å². The Morgan fingerprint density at radius 2 is 1.72 bits per heavy atom. The van der Waals surface area contributed by atoms with E-state index in [0.717, 1.165) is 10.6 Å². The van der Waals surface area contributed by atoms with Crippen LogP contribution in [0.4, 0.5) is 0 Å². The van der Waals surface area contributed by atoms with Crippen molar-refractivity contribution in [3.8, 4) is 16.9 Å². The lowest BCUT2D eigenvalue weighted by atomic mass is 9.99. The van der Waals surface area contributed by atoms with E-state index in [4.69, 9.17) is 4.74 Å². The summed E-state index contributed by atoms with van der Waals surface area (Å²) in [6.07, 6.45) is 0. The zero-order valence-corrected chi connectivity index (χ0v) is 15.2. The summed E-state index contributed by atoms with van der Waals surface area (Å²) in [5, 5.41) is 0. The monoisotopic (exact) mass is 348 g/mol. The molecular weight excluding hydrogens is 328 g/mol. The van der Waals surface area contributed by atoms with Gasteiger partial charge in [-0.15, -0.1) is 11.8 Å². The Hall–Kier alpha value is -2.52. The van der Waals surface area contributed by atoms with E-state index in [2.05, 4.69) is 55.5 Å². The van der Waals surface area contributed by atoms with Crippen molar-refractivity contribution in [3.63, 3.8) is 0 Å². The average molecular weight is 348 g/mol. The quantitative estimate of drug-likeness (QED) is 0.327. The molecular formula is C22H20O2S. The van der Waals surface area contributed by atoms with E-state index in [0.29, 0.717) is 5.75 Å². The molecule has 0 N–H and O–H groups in total. The number of benzene rings is 3. The fraction of sp³-hybridized carbons (Fsp3) is 0.136. The van der Waals surface area contributed by atoms with Crippen LogP contribution in [0.25, 0.3) is 11.1 Å². The summed E-state index contributed by atoms with van der Waals surface area (Å²) >= 11 is 1.77. The van der Waals surface area contributed by atoms with Crippen molar-refractivity contribution in [1.29, 1.82) is 0 Å². The third kappa shape index (κ3) is 4.74. The van der Waals surface area contributed by atoms with Gasteiger partial charge in [-0.05, 0) is 47.9 Å². The largest absolute Gasteiger partial charge is 0.427 e. The maximum atomic E-state index is 11.0. The topological polar surface area (TPSA) is 26.3 Å². The summed E-state index contributed by atoms with van der Waals surface area (Å²) in [6.45, 7) is 3.52. The average Bonchev–Trinajstić information content (AvgIpc) is 2.61. The van der Waals surface area contributed by atoms with Crippen LogP contribution in [0, 0.1) is 6.92 Å². The minimum atomic E-state index is -0.299. The molecule has 3 aromatic carbocycles. The molecule has 25 heavy (non-hydrogen) atoms. The van der Waals surface area contributed by atoms with Crippen LogP contribution in [0.1, 0.15) is 18.1 Å². The van der Waals surface area contributed by atoms with Crippen molar-refractivity contribution < 1.29 is 9.53 Å². The SMILES string of the molecule is CC(=O)Oc1ccc(SCc2ccccc2-c2cccc(C)c2)cc1. The number of hydrogen-bond donors (Lipinski definition) is 0. The molecule has 3 rings (SSSR count). The lowest BCUT2D eigenvalue weighted by Crippen LogP contribution is -2.00. The van der Waals surface area contributed by atoms with E-state index in [1.807, 2.05) is 24.3 Å². The Morgan fingerprint density at radius 3 is 2.44 bits per heavy atom. The van der Waals surface area contributed by atoms with E-state index in [1.165, 1.54) is 29.2 Å². The fourth-order valence-electron chi connectivity index (χ4n) is 2.67. The van der Waals surface area contributed by atoms with Gasteiger partial charge in [0.15, 0.2) is 0 Å². The molecule has 0 aliphatic carbocycles. The molecule has 3 heteroatoms. The summed E-state index contributed by atoms with van der Waals surface area (Å²) < 4.78 is 5.07. The Balaban J connectivity index is 1.74. The van der Waals surface area contributed by atoms with Crippen molar-refractivity contribution in [1.82, 2.24) is 0 Å². The highest BCUT2D eigenvalue weighted by Gasteiger charge is 2.06. The molecule has 0 bridgehead atoms. The highest BCUT2D eigenvalue weighted by atomic mass is 32.2. The van der Waals surface area contributed by atoms with Gasteiger partial charge in [-0.25, -0.2) is 0 Å². The lowest BCUT2D eigenvalue weighted by molar-refractivity contribution is -0.131. The number of aryl methyl sites for hydroxylation is 1. The third-order valence-electron chi connectivity index (χ3n) is 3.83. The summed E-state index contributed by atoms with van der Waals surface area (Å²) in [6, 6.07) is 24.7. The van der Waals surface area contributed by atoms with E-state index >= 15 is 0 Å². The molecule has 0 amide bonds. The first-order chi connectivity index (χ1) is 12.1. The number of esters is 1. The van der Waals surface area contributed by atoms with Gasteiger partial charge in [0.25, 0.3) is 0 Å². The van der Waals surface area contributed by atoms with E-state index in [1.54, 1.807) is 11.8 Å². The summed E-state index contributed by atoms with van der Waals surface area (Å²) in [5.74, 6) is 1.17. The van der Waals surface area contributed by atoms with Crippen LogP contribution in [-0.4, -0.2) is 5.97 Å². The first kappa shape index (κ1) is 17.3. The minimum Gasteiger partial charge on any atom is -0.427 e. The molecule has 0 aliphatic heterocycles. The number of carbonyl (C=O) groups excluding carboxylic acids is 1. The van der Waals surface area contributed by atoms with Crippen LogP contribution in [0.15, 0.2) is 77.7 Å². The van der Waals surface area contributed by atoms with Gasteiger partial charge >= 0.3 is 5.97 Å². The Bertz CT molecular complexity index is 869. The van der Waals surface area contributed by atoms with Gasteiger partial charge in [-0.2, -0.15) is 0 Å². The normalized spacial score (nSPS) is 10.5. The second-order valence-electron chi connectivity index (χ2n) is 5.88. The molecule has 0 unspecified atom stereocenters. The predicted molar refractivity (Wildman–Crippen MR) is 104 cm³/mol. The number of carbonyl (C=O) groups is 1. The molecule has 0 spiro atoms. The molecule has 0 heterocycles. The third-order valence-corrected chi connectivity index (χ3v) is 4.89. The minimum absolute atomic E-state index is 0.299. The first-order valence-electron chi connectivity index (χ1n) is 8.18. The number of thioether (sulfide) groups is 1. The van der Waals surface area contributed by atoms with Crippen molar-refractivity contribution in [2.75, 3.05) is 0 Å². The van der Waals surface area contributed by atoms with Crippen LogP contribution in [0.2, 0.25) is 0 Å². The van der Waals surface area contributed by atoms with Gasteiger partial charge < -0.3 is 4.74 Å². The summed E-state index contributed by atoms with van der Waals surface area (Å²) in [5.41, 5.74) is 5.10. The van der Waals surface area contributed by atoms with Gasteiger partial charge in [-0.3, -0.25) is 4.79 Å². The molecule has 126 valence electrons. The van der Waals surface area contributed by atoms with Crippen LogP contribution in [0.5, 0.6) is 5.75 Å². The van der Waals surface area contributed by atoms with Crippen LogP contribution < -0.4 is 4.74 Å².